The molecule has 172 valence electrons. The molecule has 4 rings (SSSR count). The van der Waals surface area contributed by atoms with Crippen molar-refractivity contribution in [2.75, 3.05) is 7.11 Å². The average molecular weight is 456 g/mol. The maximum Gasteiger partial charge on any atom is 0.339 e. The zero-order chi connectivity index (χ0) is 24.1. The maximum atomic E-state index is 12.7. The highest BCUT2D eigenvalue weighted by atomic mass is 16.5. The zero-order valence-corrected chi connectivity index (χ0v) is 18.6. The average Bonchev–Trinajstić information content (AvgIpc) is 2.83. The molecule has 1 atom stereocenters. The molecule has 0 aliphatic rings. The van der Waals surface area contributed by atoms with Gasteiger partial charge in [-0.1, -0.05) is 60.7 Å². The minimum atomic E-state index is -0.824. The second-order valence-electron chi connectivity index (χ2n) is 7.90. The minimum Gasteiger partial charge on any atom is -0.496 e. The first-order valence-corrected chi connectivity index (χ1v) is 10.8. The number of primary amides is 1. The third-order valence-corrected chi connectivity index (χ3v) is 5.59. The number of benzene rings is 2. The number of ether oxygens (including phenoxy) is 1. The van der Waals surface area contributed by atoms with Gasteiger partial charge in [-0.15, -0.1) is 0 Å². The summed E-state index contributed by atoms with van der Waals surface area (Å²) < 4.78 is 12.7. The second-order valence-corrected chi connectivity index (χ2v) is 7.90. The molecule has 0 bridgehead atoms. The fourth-order valence-corrected chi connectivity index (χ4v) is 3.94. The molecule has 2 heterocycles. The Kier molecular flexibility index (Phi) is 6.73. The van der Waals surface area contributed by atoms with E-state index in [-0.39, 0.29) is 5.56 Å². The predicted octanol–water partition coefficient (Wildman–Crippen LogP) is 3.33. The molecule has 34 heavy (non-hydrogen) atoms. The summed E-state index contributed by atoms with van der Waals surface area (Å²) in [5, 5.41) is 0. The summed E-state index contributed by atoms with van der Waals surface area (Å²) in [5.74, 6) is -0.137. The molecule has 0 aliphatic carbocycles. The van der Waals surface area contributed by atoms with E-state index in [4.69, 9.17) is 14.9 Å². The van der Waals surface area contributed by atoms with Gasteiger partial charge in [0, 0.05) is 36.9 Å². The number of hydrogen-bond donors (Lipinski definition) is 1. The van der Waals surface area contributed by atoms with Gasteiger partial charge < -0.3 is 19.5 Å². The molecule has 4 aromatic rings. The van der Waals surface area contributed by atoms with Crippen molar-refractivity contribution in [2.24, 2.45) is 5.73 Å². The van der Waals surface area contributed by atoms with Gasteiger partial charge in [-0.3, -0.25) is 9.59 Å². The standard InChI is InChI=1S/C27H24N2O5/c1-33-21-15-25(34-26(31)16-21)23(13-19-10-6-3-7-11-19)29-17-22(27(28)32)24(30)14-20(29)12-18-8-4-2-5-9-18/h2-11,14-17,23H,12-13H2,1H3,(H2,28,32)/t23-/m0/s1. The van der Waals surface area contributed by atoms with Crippen LogP contribution in [-0.4, -0.2) is 17.6 Å². The fourth-order valence-electron chi connectivity index (χ4n) is 3.94. The molecule has 7 heteroatoms. The monoisotopic (exact) mass is 456 g/mol. The summed E-state index contributed by atoms with van der Waals surface area (Å²) >= 11 is 0. The first-order valence-electron chi connectivity index (χ1n) is 10.8. The van der Waals surface area contributed by atoms with Crippen molar-refractivity contribution < 1.29 is 13.9 Å². The minimum absolute atomic E-state index is 0.139. The van der Waals surface area contributed by atoms with Crippen molar-refractivity contribution in [3.63, 3.8) is 0 Å². The van der Waals surface area contributed by atoms with Crippen LogP contribution in [-0.2, 0) is 12.8 Å². The second kappa shape index (κ2) is 10.0. The van der Waals surface area contributed by atoms with Crippen LogP contribution in [0.5, 0.6) is 5.75 Å². The first-order chi connectivity index (χ1) is 16.4. The largest absolute Gasteiger partial charge is 0.496 e. The lowest BCUT2D eigenvalue weighted by molar-refractivity contribution is 0.0998. The van der Waals surface area contributed by atoms with Gasteiger partial charge in [0.05, 0.1) is 19.2 Å². The van der Waals surface area contributed by atoms with Crippen LogP contribution in [0.2, 0.25) is 0 Å². The summed E-state index contributed by atoms with van der Waals surface area (Å²) in [6.07, 6.45) is 2.31. The number of carbonyl (C=O) groups excluding carboxylic acids is 1. The number of amides is 1. The molecule has 0 fully saturated rings. The molecule has 0 aliphatic heterocycles. The normalized spacial score (nSPS) is 11.7. The molecule has 7 nitrogen and oxygen atoms in total. The molecule has 2 aromatic carbocycles. The highest BCUT2D eigenvalue weighted by Gasteiger charge is 2.23. The lowest BCUT2D eigenvalue weighted by Gasteiger charge is -2.24. The van der Waals surface area contributed by atoms with E-state index in [1.807, 2.05) is 60.7 Å². The first kappa shape index (κ1) is 22.8. The van der Waals surface area contributed by atoms with Gasteiger partial charge in [0.15, 0.2) is 5.43 Å². The Labute approximate surface area is 196 Å². The lowest BCUT2D eigenvalue weighted by Crippen LogP contribution is -2.28. The third kappa shape index (κ3) is 5.15. The quantitative estimate of drug-likeness (QED) is 0.438. The Morgan fingerprint density at radius 1 is 0.971 bits per heavy atom. The number of hydrogen-bond acceptors (Lipinski definition) is 5. The van der Waals surface area contributed by atoms with E-state index < -0.39 is 23.0 Å². The van der Waals surface area contributed by atoms with E-state index in [0.29, 0.717) is 30.0 Å². The van der Waals surface area contributed by atoms with E-state index in [1.54, 1.807) is 10.6 Å². The van der Waals surface area contributed by atoms with Crippen molar-refractivity contribution in [3.05, 3.63) is 134 Å². The number of carbonyl (C=O) groups is 1. The Morgan fingerprint density at radius 3 is 2.24 bits per heavy atom. The summed E-state index contributed by atoms with van der Waals surface area (Å²) in [6, 6.07) is 23.1. The van der Waals surface area contributed by atoms with Crippen molar-refractivity contribution in [2.45, 2.75) is 18.9 Å². The summed E-state index contributed by atoms with van der Waals surface area (Å²) in [4.78, 5) is 37.0. The van der Waals surface area contributed by atoms with Crippen LogP contribution in [0.4, 0.5) is 0 Å². The summed E-state index contributed by atoms with van der Waals surface area (Å²) in [5.41, 5.74) is 6.94. The number of rotatable bonds is 8. The van der Waals surface area contributed by atoms with Crippen molar-refractivity contribution in [1.29, 1.82) is 0 Å². The molecule has 0 saturated carbocycles. The van der Waals surface area contributed by atoms with Gasteiger partial charge >= 0.3 is 5.63 Å². The Hall–Kier alpha value is -4.39. The van der Waals surface area contributed by atoms with Gasteiger partial charge in [-0.05, 0) is 11.1 Å². The molecule has 0 spiro atoms. The van der Waals surface area contributed by atoms with Crippen LogP contribution in [0.15, 0.2) is 99.1 Å². The topological polar surface area (TPSA) is 105 Å². The van der Waals surface area contributed by atoms with Gasteiger partial charge in [-0.25, -0.2) is 4.79 Å². The Bertz CT molecular complexity index is 1410. The molecule has 1 amide bonds. The van der Waals surface area contributed by atoms with E-state index in [2.05, 4.69) is 0 Å². The van der Waals surface area contributed by atoms with Crippen molar-refractivity contribution >= 4 is 5.91 Å². The number of nitrogens with two attached hydrogens (primary N) is 1. The van der Waals surface area contributed by atoms with E-state index in [9.17, 15) is 14.4 Å². The van der Waals surface area contributed by atoms with Gasteiger partial charge in [0.1, 0.15) is 17.1 Å². The molecular formula is C27H24N2O5. The SMILES string of the molecule is COc1cc([C@H](Cc2ccccc2)n2cc(C(N)=O)c(=O)cc2Cc2ccccc2)oc(=O)c1. The van der Waals surface area contributed by atoms with E-state index in [1.165, 1.54) is 25.4 Å². The third-order valence-electron chi connectivity index (χ3n) is 5.59. The molecule has 0 unspecified atom stereocenters. The lowest BCUT2D eigenvalue weighted by atomic mass is 10.0. The maximum absolute atomic E-state index is 12.7. The van der Waals surface area contributed by atoms with Gasteiger partial charge in [0.2, 0.25) is 0 Å². The fraction of sp³-hybridized carbons (Fsp3) is 0.148. The molecule has 2 aromatic heterocycles. The smallest absolute Gasteiger partial charge is 0.339 e. The number of nitrogens with zero attached hydrogens (tertiary/aromatic N) is 1. The van der Waals surface area contributed by atoms with Crippen LogP contribution < -0.4 is 21.5 Å². The molecule has 0 saturated heterocycles. The van der Waals surface area contributed by atoms with Gasteiger partial charge in [-0.2, -0.15) is 0 Å². The number of pyridine rings is 1. The predicted molar refractivity (Wildman–Crippen MR) is 128 cm³/mol. The van der Waals surface area contributed by atoms with Crippen molar-refractivity contribution in [1.82, 2.24) is 4.57 Å². The molecule has 0 radical (unpaired) electrons. The highest BCUT2D eigenvalue weighted by Crippen LogP contribution is 2.27. The van der Waals surface area contributed by atoms with Crippen LogP contribution in [0.1, 0.15) is 39.0 Å². The van der Waals surface area contributed by atoms with Crippen LogP contribution >= 0.6 is 0 Å². The Morgan fingerprint density at radius 2 is 1.62 bits per heavy atom. The number of aromatic nitrogens is 1. The van der Waals surface area contributed by atoms with E-state index >= 15 is 0 Å². The Balaban J connectivity index is 1.94. The molecule has 2 N–H and O–H groups in total. The highest BCUT2D eigenvalue weighted by molar-refractivity contribution is 5.92. The number of methoxy groups -OCH3 is 1. The van der Waals surface area contributed by atoms with Crippen LogP contribution in [0.3, 0.4) is 0 Å². The van der Waals surface area contributed by atoms with Crippen LogP contribution in [0, 0.1) is 0 Å². The van der Waals surface area contributed by atoms with Crippen molar-refractivity contribution in [3.8, 4) is 5.75 Å². The van der Waals surface area contributed by atoms with Crippen LogP contribution in [0.25, 0.3) is 0 Å². The summed E-state index contributed by atoms with van der Waals surface area (Å²) in [6.45, 7) is 0. The summed E-state index contributed by atoms with van der Waals surface area (Å²) in [7, 11) is 1.47. The van der Waals surface area contributed by atoms with Gasteiger partial charge in [0.25, 0.3) is 5.91 Å². The van der Waals surface area contributed by atoms with E-state index in [0.717, 1.165) is 11.1 Å². The molecular weight excluding hydrogens is 432 g/mol. The zero-order valence-electron chi connectivity index (χ0n) is 18.6.